The number of hydrazone groups is 1. The number of nitrogens with one attached hydrogen (secondary N) is 1. The fourth-order valence-electron chi connectivity index (χ4n) is 2.14. The van der Waals surface area contributed by atoms with Crippen LogP contribution in [-0.2, 0) is 0 Å². The van der Waals surface area contributed by atoms with E-state index in [4.69, 9.17) is 0 Å². The van der Waals surface area contributed by atoms with Gasteiger partial charge in [0.15, 0.2) is 5.82 Å². The van der Waals surface area contributed by atoms with Crippen LogP contribution in [0.15, 0.2) is 40.4 Å². The molecule has 18 heavy (non-hydrogen) atoms. The predicted molar refractivity (Wildman–Crippen MR) is 71.0 cm³/mol. The number of anilines is 1. The van der Waals surface area contributed by atoms with E-state index in [0.29, 0.717) is 11.5 Å². The lowest BCUT2D eigenvalue weighted by molar-refractivity contribution is 0.886. The van der Waals surface area contributed by atoms with Crippen LogP contribution in [-0.4, -0.2) is 15.1 Å². The second kappa shape index (κ2) is 4.60. The molecule has 1 aliphatic rings. The quantitative estimate of drug-likeness (QED) is 0.820. The van der Waals surface area contributed by atoms with E-state index in [0.717, 1.165) is 18.6 Å². The molecule has 5 nitrogen and oxygen atoms in total. The Labute approximate surface area is 104 Å². The maximum absolute atomic E-state index is 11.8. The van der Waals surface area contributed by atoms with E-state index in [2.05, 4.69) is 15.5 Å². The summed E-state index contributed by atoms with van der Waals surface area (Å²) in [7, 11) is 0. The molecule has 2 heterocycles. The molecule has 0 amide bonds. The highest BCUT2D eigenvalue weighted by Crippen LogP contribution is 2.14. The third-order valence-corrected chi connectivity index (χ3v) is 3.08. The molecule has 92 valence electrons. The summed E-state index contributed by atoms with van der Waals surface area (Å²) in [6.45, 7) is 0. The Morgan fingerprint density at radius 1 is 1.28 bits per heavy atom. The van der Waals surface area contributed by atoms with E-state index in [9.17, 15) is 4.79 Å². The van der Waals surface area contributed by atoms with Crippen molar-refractivity contribution < 1.29 is 0 Å². The molecule has 2 aromatic rings. The Kier molecular flexibility index (Phi) is 2.80. The van der Waals surface area contributed by atoms with Crippen LogP contribution in [0.1, 0.15) is 25.7 Å². The van der Waals surface area contributed by atoms with Crippen molar-refractivity contribution in [2.24, 2.45) is 5.10 Å². The molecule has 2 aromatic heterocycles. The molecular formula is C13H14N4O. The van der Waals surface area contributed by atoms with Gasteiger partial charge in [-0.2, -0.15) is 5.10 Å². The van der Waals surface area contributed by atoms with E-state index >= 15 is 0 Å². The normalized spacial score (nSPS) is 15.0. The minimum absolute atomic E-state index is 0.102. The number of hydrogen-bond acceptors (Lipinski definition) is 4. The van der Waals surface area contributed by atoms with Gasteiger partial charge in [0.2, 0.25) is 0 Å². The van der Waals surface area contributed by atoms with E-state index < -0.39 is 0 Å². The van der Waals surface area contributed by atoms with Gasteiger partial charge in [-0.25, -0.2) is 4.98 Å². The number of aromatic nitrogens is 2. The van der Waals surface area contributed by atoms with Crippen LogP contribution < -0.4 is 11.0 Å². The predicted octanol–water partition coefficient (Wildman–Crippen LogP) is 2.04. The second-order valence-corrected chi connectivity index (χ2v) is 4.41. The molecule has 0 spiro atoms. The molecule has 0 atom stereocenters. The Bertz CT molecular complexity index is 651. The Morgan fingerprint density at radius 3 is 2.94 bits per heavy atom. The van der Waals surface area contributed by atoms with Crippen molar-refractivity contribution in [3.8, 4) is 0 Å². The average Bonchev–Trinajstić information content (AvgIpc) is 2.90. The van der Waals surface area contributed by atoms with Crippen molar-refractivity contribution in [2.75, 3.05) is 5.43 Å². The molecule has 1 aliphatic carbocycles. The van der Waals surface area contributed by atoms with Crippen molar-refractivity contribution in [3.63, 3.8) is 0 Å². The van der Waals surface area contributed by atoms with Crippen LogP contribution in [0.5, 0.6) is 0 Å². The lowest BCUT2D eigenvalue weighted by Crippen LogP contribution is -2.14. The number of nitrogens with zero attached hydrogens (tertiary/aromatic N) is 3. The molecule has 1 fully saturated rings. The highest BCUT2D eigenvalue weighted by atomic mass is 16.1. The maximum atomic E-state index is 11.8. The van der Waals surface area contributed by atoms with Crippen LogP contribution >= 0.6 is 0 Å². The monoisotopic (exact) mass is 242 g/mol. The lowest BCUT2D eigenvalue weighted by Gasteiger charge is -2.03. The average molecular weight is 242 g/mol. The zero-order chi connectivity index (χ0) is 12.4. The number of rotatable bonds is 2. The topological polar surface area (TPSA) is 58.8 Å². The van der Waals surface area contributed by atoms with Gasteiger partial charge >= 0.3 is 0 Å². The van der Waals surface area contributed by atoms with E-state index in [1.165, 1.54) is 23.3 Å². The van der Waals surface area contributed by atoms with Gasteiger partial charge in [-0.1, -0.05) is 6.07 Å². The molecule has 0 radical (unpaired) electrons. The summed E-state index contributed by atoms with van der Waals surface area (Å²) in [5.74, 6) is 0.505. The first-order valence-electron chi connectivity index (χ1n) is 6.13. The van der Waals surface area contributed by atoms with Gasteiger partial charge in [-0.15, -0.1) is 0 Å². The largest absolute Gasteiger partial charge is 0.269 e. The third kappa shape index (κ3) is 2.11. The van der Waals surface area contributed by atoms with Crippen molar-refractivity contribution >= 4 is 17.2 Å². The van der Waals surface area contributed by atoms with Crippen molar-refractivity contribution in [1.82, 2.24) is 9.38 Å². The summed E-state index contributed by atoms with van der Waals surface area (Å²) in [6.07, 6.45) is 6.19. The molecule has 0 aromatic carbocycles. The lowest BCUT2D eigenvalue weighted by atomic mass is 10.3. The summed E-state index contributed by atoms with van der Waals surface area (Å²) in [5, 5.41) is 4.30. The van der Waals surface area contributed by atoms with Gasteiger partial charge in [-0.05, 0) is 37.8 Å². The van der Waals surface area contributed by atoms with E-state index in [1.54, 1.807) is 12.3 Å². The summed E-state index contributed by atoms with van der Waals surface area (Å²) in [4.78, 5) is 16.2. The van der Waals surface area contributed by atoms with E-state index in [1.807, 2.05) is 12.1 Å². The van der Waals surface area contributed by atoms with Crippen LogP contribution in [0.25, 0.3) is 5.65 Å². The first-order chi connectivity index (χ1) is 8.83. The first kappa shape index (κ1) is 11.0. The van der Waals surface area contributed by atoms with Crippen LogP contribution in [0, 0.1) is 0 Å². The van der Waals surface area contributed by atoms with Gasteiger partial charge in [0, 0.05) is 18.0 Å². The fraction of sp³-hybridized carbons (Fsp3) is 0.308. The number of fused-ring (bicyclic) bond motifs is 1. The van der Waals surface area contributed by atoms with Gasteiger partial charge in [0.05, 0.1) is 0 Å². The minimum atomic E-state index is -0.102. The summed E-state index contributed by atoms with van der Waals surface area (Å²) in [5.41, 5.74) is 4.56. The molecule has 0 aliphatic heterocycles. The number of pyridine rings is 1. The first-order valence-corrected chi connectivity index (χ1v) is 6.13. The molecular weight excluding hydrogens is 228 g/mol. The van der Waals surface area contributed by atoms with E-state index in [-0.39, 0.29) is 5.56 Å². The summed E-state index contributed by atoms with van der Waals surface area (Å²) < 4.78 is 1.51. The highest BCUT2D eigenvalue weighted by Gasteiger charge is 2.08. The molecule has 1 N–H and O–H groups in total. The van der Waals surface area contributed by atoms with Crippen LogP contribution in [0.4, 0.5) is 5.82 Å². The summed E-state index contributed by atoms with van der Waals surface area (Å²) >= 11 is 0. The zero-order valence-corrected chi connectivity index (χ0v) is 9.97. The van der Waals surface area contributed by atoms with Gasteiger partial charge in [0.1, 0.15) is 5.65 Å². The molecule has 1 saturated carbocycles. The fourth-order valence-corrected chi connectivity index (χ4v) is 2.14. The smallest absolute Gasteiger partial charge is 0.260 e. The van der Waals surface area contributed by atoms with Crippen LogP contribution in [0.3, 0.4) is 0 Å². The summed E-state index contributed by atoms with van der Waals surface area (Å²) in [6, 6.07) is 6.93. The maximum Gasteiger partial charge on any atom is 0.260 e. The Balaban J connectivity index is 1.93. The Hall–Kier alpha value is -2.17. The highest BCUT2D eigenvalue weighted by molar-refractivity contribution is 5.86. The molecule has 3 rings (SSSR count). The van der Waals surface area contributed by atoms with Gasteiger partial charge in [0.25, 0.3) is 5.56 Å². The zero-order valence-electron chi connectivity index (χ0n) is 9.97. The molecule has 0 unspecified atom stereocenters. The minimum Gasteiger partial charge on any atom is -0.269 e. The molecule has 0 saturated heterocycles. The Morgan fingerprint density at radius 2 is 2.11 bits per heavy atom. The standard InChI is InChI=1S/C13H14N4O/c18-13-9-11(16-15-10-5-1-2-6-10)14-12-7-3-4-8-17(12)13/h3-4,7-9,16H,1-2,5-6H2. The second-order valence-electron chi connectivity index (χ2n) is 4.41. The van der Waals surface area contributed by atoms with Gasteiger partial charge in [-0.3, -0.25) is 14.6 Å². The van der Waals surface area contributed by atoms with Crippen LogP contribution in [0.2, 0.25) is 0 Å². The SMILES string of the molecule is O=c1cc(NN=C2CCCC2)nc2ccccn12. The number of hydrogen-bond donors (Lipinski definition) is 1. The molecule has 0 bridgehead atoms. The van der Waals surface area contributed by atoms with Crippen molar-refractivity contribution in [3.05, 3.63) is 40.8 Å². The third-order valence-electron chi connectivity index (χ3n) is 3.08. The van der Waals surface area contributed by atoms with Crippen molar-refractivity contribution in [1.29, 1.82) is 0 Å². The van der Waals surface area contributed by atoms with Gasteiger partial charge < -0.3 is 0 Å². The molecule has 5 heteroatoms. The van der Waals surface area contributed by atoms with Crippen molar-refractivity contribution in [2.45, 2.75) is 25.7 Å².